The number of amides is 1. The van der Waals surface area contributed by atoms with Gasteiger partial charge in [0.05, 0.1) is 19.9 Å². The summed E-state index contributed by atoms with van der Waals surface area (Å²) < 4.78 is 10.6. The number of hydrogen-bond acceptors (Lipinski definition) is 7. The maximum Gasteiger partial charge on any atom is 0.223 e. The highest BCUT2D eigenvalue weighted by Crippen LogP contribution is 2.28. The molecular formula is C25H29N5O3. The number of methoxy groups -OCH3 is 2. The van der Waals surface area contributed by atoms with Crippen LogP contribution in [0.5, 0.6) is 11.5 Å². The number of benzene rings is 1. The smallest absolute Gasteiger partial charge is 0.223 e. The second-order valence-corrected chi connectivity index (χ2v) is 8.00. The molecule has 1 aliphatic heterocycles. The van der Waals surface area contributed by atoms with Gasteiger partial charge in [0.15, 0.2) is 17.3 Å². The minimum Gasteiger partial charge on any atom is -0.493 e. The van der Waals surface area contributed by atoms with Crippen LogP contribution in [0.25, 0.3) is 11.3 Å². The van der Waals surface area contributed by atoms with Crippen LogP contribution in [0.1, 0.15) is 18.4 Å². The third-order valence-electron chi connectivity index (χ3n) is 5.98. The van der Waals surface area contributed by atoms with Crippen LogP contribution >= 0.6 is 0 Å². The first-order chi connectivity index (χ1) is 16.2. The lowest BCUT2D eigenvalue weighted by Gasteiger charge is -2.31. The van der Waals surface area contributed by atoms with Crippen molar-refractivity contribution >= 4 is 11.7 Å². The van der Waals surface area contributed by atoms with Crippen molar-refractivity contribution in [2.24, 2.45) is 5.92 Å². The summed E-state index contributed by atoms with van der Waals surface area (Å²) >= 11 is 0. The van der Waals surface area contributed by atoms with Crippen LogP contribution in [-0.2, 0) is 11.2 Å². The van der Waals surface area contributed by atoms with Gasteiger partial charge in [0, 0.05) is 43.5 Å². The number of hydrogen-bond donors (Lipinski definition) is 1. The number of aromatic nitrogens is 3. The van der Waals surface area contributed by atoms with E-state index < -0.39 is 0 Å². The van der Waals surface area contributed by atoms with Gasteiger partial charge in [-0.05, 0) is 61.2 Å². The average molecular weight is 448 g/mol. The van der Waals surface area contributed by atoms with Crippen molar-refractivity contribution in [1.29, 1.82) is 0 Å². The second-order valence-electron chi connectivity index (χ2n) is 8.00. The van der Waals surface area contributed by atoms with Crippen LogP contribution in [0.4, 0.5) is 5.82 Å². The first-order valence-electron chi connectivity index (χ1n) is 11.2. The van der Waals surface area contributed by atoms with Crippen molar-refractivity contribution in [3.8, 4) is 22.8 Å². The molecule has 1 N–H and O–H groups in total. The predicted octanol–water partition coefficient (Wildman–Crippen LogP) is 3.13. The number of rotatable bonds is 8. The van der Waals surface area contributed by atoms with E-state index in [0.717, 1.165) is 55.0 Å². The van der Waals surface area contributed by atoms with Crippen LogP contribution in [0, 0.1) is 5.92 Å². The Balaban J connectivity index is 1.24. The Labute approximate surface area is 194 Å². The molecule has 0 unspecified atom stereocenters. The Morgan fingerprint density at radius 2 is 1.76 bits per heavy atom. The van der Waals surface area contributed by atoms with Gasteiger partial charge in [-0.1, -0.05) is 6.07 Å². The molecule has 1 amide bonds. The minimum absolute atomic E-state index is 0.0238. The third kappa shape index (κ3) is 5.58. The monoisotopic (exact) mass is 447 g/mol. The molecule has 0 spiro atoms. The number of pyridine rings is 1. The summed E-state index contributed by atoms with van der Waals surface area (Å²) in [6, 6.07) is 13.6. The number of nitrogens with zero attached hydrogens (tertiary/aromatic N) is 4. The molecule has 0 aliphatic carbocycles. The van der Waals surface area contributed by atoms with E-state index in [2.05, 4.69) is 25.4 Å². The number of nitrogens with one attached hydrogen (secondary N) is 1. The molecule has 3 heterocycles. The molecule has 0 saturated carbocycles. The SMILES string of the molecule is COc1ccc(CCNC(=O)C2CCN(c3ccc(-c4ccncc4)nn3)CC2)cc1OC. The molecule has 1 saturated heterocycles. The Hall–Kier alpha value is -3.68. The number of carbonyl (C=O) groups excluding carboxylic acids is 1. The molecule has 1 aromatic carbocycles. The number of carbonyl (C=O) groups is 1. The molecule has 2 aromatic heterocycles. The van der Waals surface area contributed by atoms with Gasteiger partial charge in [-0.3, -0.25) is 9.78 Å². The van der Waals surface area contributed by atoms with Crippen molar-refractivity contribution in [2.45, 2.75) is 19.3 Å². The van der Waals surface area contributed by atoms with Crippen molar-refractivity contribution < 1.29 is 14.3 Å². The fourth-order valence-corrected chi connectivity index (χ4v) is 4.05. The van der Waals surface area contributed by atoms with Gasteiger partial charge in [-0.15, -0.1) is 10.2 Å². The summed E-state index contributed by atoms with van der Waals surface area (Å²) in [4.78, 5) is 18.9. The number of ether oxygens (including phenoxy) is 2. The number of piperidine rings is 1. The average Bonchev–Trinajstić information content (AvgIpc) is 2.89. The zero-order chi connectivity index (χ0) is 23.0. The maximum absolute atomic E-state index is 12.6. The summed E-state index contributed by atoms with van der Waals surface area (Å²) in [7, 11) is 3.24. The van der Waals surface area contributed by atoms with Gasteiger partial charge in [0.25, 0.3) is 0 Å². The van der Waals surface area contributed by atoms with E-state index >= 15 is 0 Å². The van der Waals surface area contributed by atoms with Crippen LogP contribution in [-0.4, -0.2) is 54.9 Å². The van der Waals surface area contributed by atoms with E-state index in [9.17, 15) is 4.79 Å². The highest BCUT2D eigenvalue weighted by molar-refractivity contribution is 5.79. The molecule has 0 bridgehead atoms. The van der Waals surface area contributed by atoms with Gasteiger partial charge >= 0.3 is 0 Å². The fourth-order valence-electron chi connectivity index (χ4n) is 4.05. The molecular weight excluding hydrogens is 418 g/mol. The Bertz CT molecular complexity index is 1050. The highest BCUT2D eigenvalue weighted by atomic mass is 16.5. The quantitative estimate of drug-likeness (QED) is 0.567. The highest BCUT2D eigenvalue weighted by Gasteiger charge is 2.25. The Morgan fingerprint density at radius 1 is 1.00 bits per heavy atom. The maximum atomic E-state index is 12.6. The van der Waals surface area contributed by atoms with Crippen LogP contribution in [0.3, 0.4) is 0 Å². The lowest BCUT2D eigenvalue weighted by molar-refractivity contribution is -0.125. The van der Waals surface area contributed by atoms with Crippen molar-refractivity contribution in [2.75, 3.05) is 38.8 Å². The van der Waals surface area contributed by atoms with Gasteiger partial charge in [-0.2, -0.15) is 0 Å². The number of anilines is 1. The van der Waals surface area contributed by atoms with Gasteiger partial charge in [-0.25, -0.2) is 0 Å². The second kappa shape index (κ2) is 10.8. The molecule has 3 aromatic rings. The van der Waals surface area contributed by atoms with Crippen LogP contribution < -0.4 is 19.7 Å². The third-order valence-corrected chi connectivity index (χ3v) is 5.98. The van der Waals surface area contributed by atoms with E-state index in [-0.39, 0.29) is 11.8 Å². The molecule has 1 fully saturated rings. The summed E-state index contributed by atoms with van der Waals surface area (Å²) in [5.41, 5.74) is 2.91. The van der Waals surface area contributed by atoms with Crippen molar-refractivity contribution in [3.63, 3.8) is 0 Å². The van der Waals surface area contributed by atoms with E-state index in [4.69, 9.17) is 9.47 Å². The molecule has 8 nitrogen and oxygen atoms in total. The molecule has 4 rings (SSSR count). The zero-order valence-corrected chi connectivity index (χ0v) is 19.0. The normalized spacial score (nSPS) is 14.1. The van der Waals surface area contributed by atoms with Gasteiger partial charge in [0.1, 0.15) is 0 Å². The topological polar surface area (TPSA) is 89.5 Å². The molecule has 33 heavy (non-hydrogen) atoms. The van der Waals surface area contributed by atoms with Gasteiger partial charge in [0.2, 0.25) is 5.91 Å². The Morgan fingerprint density at radius 3 is 2.42 bits per heavy atom. The van der Waals surface area contributed by atoms with Crippen molar-refractivity contribution in [3.05, 3.63) is 60.4 Å². The van der Waals surface area contributed by atoms with E-state index in [1.807, 2.05) is 42.5 Å². The molecule has 1 aliphatic rings. The van der Waals surface area contributed by atoms with E-state index in [0.29, 0.717) is 18.0 Å². The van der Waals surface area contributed by atoms with Crippen molar-refractivity contribution in [1.82, 2.24) is 20.5 Å². The lowest BCUT2D eigenvalue weighted by Crippen LogP contribution is -2.41. The first-order valence-corrected chi connectivity index (χ1v) is 11.2. The first kappa shape index (κ1) is 22.5. The summed E-state index contributed by atoms with van der Waals surface area (Å²) in [5.74, 6) is 2.39. The molecule has 0 atom stereocenters. The lowest BCUT2D eigenvalue weighted by atomic mass is 9.96. The zero-order valence-electron chi connectivity index (χ0n) is 19.0. The minimum atomic E-state index is 0.0238. The van der Waals surface area contributed by atoms with Crippen LogP contribution in [0.15, 0.2) is 54.9 Å². The standard InChI is InChI=1S/C25H29N5O3/c1-32-22-5-3-18(17-23(22)33-2)7-14-27-25(31)20-10-15-30(16-11-20)24-6-4-21(28-29-24)19-8-12-26-13-9-19/h3-6,8-9,12-13,17,20H,7,10-11,14-16H2,1-2H3,(H,27,31). The van der Waals surface area contributed by atoms with Gasteiger partial charge < -0.3 is 19.7 Å². The van der Waals surface area contributed by atoms with Crippen LogP contribution in [0.2, 0.25) is 0 Å². The fraction of sp³-hybridized carbons (Fsp3) is 0.360. The Kier molecular flexibility index (Phi) is 7.34. The largest absolute Gasteiger partial charge is 0.493 e. The molecule has 172 valence electrons. The summed E-state index contributed by atoms with van der Waals surface area (Å²) in [6.45, 7) is 2.17. The summed E-state index contributed by atoms with van der Waals surface area (Å²) in [6.07, 6.45) is 5.83. The summed E-state index contributed by atoms with van der Waals surface area (Å²) in [5, 5.41) is 11.8. The molecule has 0 radical (unpaired) electrons. The van der Waals surface area contributed by atoms with E-state index in [1.54, 1.807) is 26.6 Å². The molecule has 8 heteroatoms. The van der Waals surface area contributed by atoms with E-state index in [1.165, 1.54) is 0 Å². The predicted molar refractivity (Wildman–Crippen MR) is 126 cm³/mol.